The number of hydrogen-bond acceptors (Lipinski definition) is 2. The highest BCUT2D eigenvalue weighted by Crippen LogP contribution is 2.26. The molecule has 0 radical (unpaired) electrons. The minimum absolute atomic E-state index is 0.0666. The van der Waals surface area contributed by atoms with Gasteiger partial charge in [-0.3, -0.25) is 4.79 Å². The highest BCUT2D eigenvalue weighted by molar-refractivity contribution is 5.95. The molecule has 0 fully saturated rings. The molecule has 3 nitrogen and oxygen atoms in total. The zero-order valence-electron chi connectivity index (χ0n) is 12.4. The number of anilines is 2. The number of nitrogens with one attached hydrogen (secondary N) is 1. The van der Waals surface area contributed by atoms with Gasteiger partial charge in [-0.05, 0) is 37.5 Å². The van der Waals surface area contributed by atoms with E-state index >= 15 is 0 Å². The summed E-state index contributed by atoms with van der Waals surface area (Å²) in [4.78, 5) is 11.9. The molecule has 0 spiro atoms. The van der Waals surface area contributed by atoms with Crippen molar-refractivity contribution >= 4 is 17.3 Å². The predicted molar refractivity (Wildman–Crippen MR) is 82.3 cm³/mol. The molecule has 1 aromatic carbocycles. The van der Waals surface area contributed by atoms with Crippen molar-refractivity contribution < 1.29 is 4.79 Å². The van der Waals surface area contributed by atoms with E-state index in [1.807, 2.05) is 26.0 Å². The lowest BCUT2D eigenvalue weighted by Crippen LogP contribution is -2.14. The molecule has 1 rings (SSSR count). The molecule has 1 amide bonds. The molecule has 0 bridgehead atoms. The molecule has 0 aromatic heterocycles. The summed E-state index contributed by atoms with van der Waals surface area (Å²) in [5.74, 6) is 0.0666. The van der Waals surface area contributed by atoms with Crippen LogP contribution in [0.25, 0.3) is 0 Å². The average molecular weight is 262 g/mol. The van der Waals surface area contributed by atoms with Crippen molar-refractivity contribution in [2.24, 2.45) is 0 Å². The van der Waals surface area contributed by atoms with Crippen molar-refractivity contribution in [3.63, 3.8) is 0 Å². The predicted octanol–water partition coefficient (Wildman–Crippen LogP) is 4.18. The fourth-order valence-corrected chi connectivity index (χ4v) is 2.09. The first-order valence-corrected chi connectivity index (χ1v) is 7.21. The minimum Gasteiger partial charge on any atom is -0.397 e. The first kappa shape index (κ1) is 15.5. The van der Waals surface area contributed by atoms with Gasteiger partial charge >= 0.3 is 0 Å². The third-order valence-corrected chi connectivity index (χ3v) is 3.54. The Labute approximate surface area is 116 Å². The fourth-order valence-electron chi connectivity index (χ4n) is 2.09. The topological polar surface area (TPSA) is 55.1 Å². The van der Waals surface area contributed by atoms with Crippen LogP contribution in [0.15, 0.2) is 12.1 Å². The summed E-state index contributed by atoms with van der Waals surface area (Å²) in [6.07, 6.45) is 6.36. The van der Waals surface area contributed by atoms with Crippen molar-refractivity contribution in [2.45, 2.75) is 59.3 Å². The van der Waals surface area contributed by atoms with Gasteiger partial charge < -0.3 is 11.1 Å². The Morgan fingerprint density at radius 1 is 1.16 bits per heavy atom. The Balaban J connectivity index is 2.47. The standard InChI is InChI=1S/C16H26N2O/c1-4-5-6-7-8-9-15(19)18-16-13(3)12(2)10-11-14(16)17/h10-11H,4-9,17H2,1-3H3,(H,18,19). The van der Waals surface area contributed by atoms with Gasteiger partial charge in [0.15, 0.2) is 0 Å². The Hall–Kier alpha value is -1.51. The Kier molecular flexibility index (Phi) is 6.40. The molecular formula is C16H26N2O. The molecule has 0 saturated heterocycles. The van der Waals surface area contributed by atoms with Gasteiger partial charge in [0.1, 0.15) is 0 Å². The van der Waals surface area contributed by atoms with Gasteiger partial charge in [0, 0.05) is 6.42 Å². The normalized spacial score (nSPS) is 10.5. The van der Waals surface area contributed by atoms with E-state index in [1.165, 1.54) is 19.3 Å². The van der Waals surface area contributed by atoms with Gasteiger partial charge in [0.2, 0.25) is 5.91 Å². The molecule has 1 aromatic rings. The van der Waals surface area contributed by atoms with E-state index in [4.69, 9.17) is 5.73 Å². The molecule has 19 heavy (non-hydrogen) atoms. The van der Waals surface area contributed by atoms with E-state index in [0.29, 0.717) is 12.1 Å². The molecule has 0 atom stereocenters. The van der Waals surface area contributed by atoms with Gasteiger partial charge in [-0.15, -0.1) is 0 Å². The van der Waals surface area contributed by atoms with Gasteiger partial charge in [-0.25, -0.2) is 0 Å². The molecule has 3 N–H and O–H groups in total. The van der Waals surface area contributed by atoms with Gasteiger partial charge in [0.25, 0.3) is 0 Å². The summed E-state index contributed by atoms with van der Waals surface area (Å²) in [7, 11) is 0. The molecule has 106 valence electrons. The zero-order chi connectivity index (χ0) is 14.3. The summed E-state index contributed by atoms with van der Waals surface area (Å²) < 4.78 is 0. The van der Waals surface area contributed by atoms with Crippen molar-refractivity contribution in [2.75, 3.05) is 11.1 Å². The maximum absolute atomic E-state index is 11.9. The molecule has 0 aliphatic heterocycles. The maximum atomic E-state index is 11.9. The van der Waals surface area contributed by atoms with Gasteiger partial charge in [0.05, 0.1) is 11.4 Å². The number of rotatable bonds is 7. The van der Waals surface area contributed by atoms with Crippen LogP contribution in [0.2, 0.25) is 0 Å². The lowest BCUT2D eigenvalue weighted by atomic mass is 10.1. The summed E-state index contributed by atoms with van der Waals surface area (Å²) in [5.41, 5.74) is 9.54. The van der Waals surface area contributed by atoms with Gasteiger partial charge in [-0.2, -0.15) is 0 Å². The number of carbonyl (C=O) groups is 1. The molecule has 3 heteroatoms. The van der Waals surface area contributed by atoms with Crippen LogP contribution in [0.4, 0.5) is 11.4 Å². The second-order valence-corrected chi connectivity index (χ2v) is 5.18. The Bertz CT molecular complexity index is 427. The number of unbranched alkanes of at least 4 members (excludes halogenated alkanes) is 4. The lowest BCUT2D eigenvalue weighted by molar-refractivity contribution is -0.116. The lowest BCUT2D eigenvalue weighted by Gasteiger charge is -2.13. The van der Waals surface area contributed by atoms with Crippen LogP contribution < -0.4 is 11.1 Å². The van der Waals surface area contributed by atoms with Crippen LogP contribution in [0, 0.1) is 13.8 Å². The van der Waals surface area contributed by atoms with Crippen molar-refractivity contribution in [1.29, 1.82) is 0 Å². The first-order chi connectivity index (χ1) is 9.06. The van der Waals surface area contributed by atoms with Gasteiger partial charge in [-0.1, -0.05) is 38.7 Å². The van der Waals surface area contributed by atoms with Crippen molar-refractivity contribution in [3.8, 4) is 0 Å². The maximum Gasteiger partial charge on any atom is 0.224 e. The fraction of sp³-hybridized carbons (Fsp3) is 0.562. The van der Waals surface area contributed by atoms with E-state index < -0.39 is 0 Å². The van der Waals surface area contributed by atoms with E-state index in [1.54, 1.807) is 0 Å². The van der Waals surface area contributed by atoms with Crippen LogP contribution in [0.3, 0.4) is 0 Å². The summed E-state index contributed by atoms with van der Waals surface area (Å²) in [6.45, 7) is 6.20. The highest BCUT2D eigenvalue weighted by Gasteiger charge is 2.09. The van der Waals surface area contributed by atoms with Crippen molar-refractivity contribution in [1.82, 2.24) is 0 Å². The average Bonchev–Trinajstić information content (AvgIpc) is 2.39. The third kappa shape index (κ3) is 4.93. The molecule has 0 aliphatic rings. The van der Waals surface area contributed by atoms with Crippen LogP contribution in [-0.4, -0.2) is 5.91 Å². The van der Waals surface area contributed by atoms with Crippen LogP contribution in [0.1, 0.15) is 56.6 Å². The molecule has 0 heterocycles. The Morgan fingerprint density at radius 2 is 1.84 bits per heavy atom. The van der Waals surface area contributed by atoms with E-state index in [2.05, 4.69) is 12.2 Å². The molecule has 0 saturated carbocycles. The quantitative estimate of drug-likeness (QED) is 0.572. The minimum atomic E-state index is 0.0666. The van der Waals surface area contributed by atoms with E-state index in [9.17, 15) is 4.79 Å². The number of aryl methyl sites for hydroxylation is 1. The first-order valence-electron chi connectivity index (χ1n) is 7.21. The summed E-state index contributed by atoms with van der Waals surface area (Å²) in [5, 5.41) is 2.95. The van der Waals surface area contributed by atoms with Crippen LogP contribution in [-0.2, 0) is 4.79 Å². The smallest absolute Gasteiger partial charge is 0.224 e. The summed E-state index contributed by atoms with van der Waals surface area (Å²) in [6, 6.07) is 3.82. The number of hydrogen-bond donors (Lipinski definition) is 2. The Morgan fingerprint density at radius 3 is 2.53 bits per heavy atom. The molecular weight excluding hydrogens is 236 g/mol. The monoisotopic (exact) mass is 262 g/mol. The van der Waals surface area contributed by atoms with Crippen LogP contribution in [0.5, 0.6) is 0 Å². The number of carbonyl (C=O) groups excluding carboxylic acids is 1. The largest absolute Gasteiger partial charge is 0.397 e. The number of nitrogens with two attached hydrogens (primary N) is 1. The second-order valence-electron chi connectivity index (χ2n) is 5.18. The third-order valence-electron chi connectivity index (χ3n) is 3.54. The summed E-state index contributed by atoms with van der Waals surface area (Å²) >= 11 is 0. The molecule has 0 unspecified atom stereocenters. The van der Waals surface area contributed by atoms with Crippen molar-refractivity contribution in [3.05, 3.63) is 23.3 Å². The van der Waals surface area contributed by atoms with E-state index in [-0.39, 0.29) is 5.91 Å². The number of benzene rings is 1. The SMILES string of the molecule is CCCCCCCC(=O)Nc1c(N)ccc(C)c1C. The molecule has 0 aliphatic carbocycles. The van der Waals surface area contributed by atoms with E-state index in [0.717, 1.165) is 29.7 Å². The second kappa shape index (κ2) is 7.82. The zero-order valence-corrected chi connectivity index (χ0v) is 12.4. The number of amides is 1. The highest BCUT2D eigenvalue weighted by atomic mass is 16.1. The van der Waals surface area contributed by atoms with Crippen LogP contribution >= 0.6 is 0 Å². The number of nitrogen functional groups attached to an aromatic ring is 1.